The zero-order valence-electron chi connectivity index (χ0n) is 13.2. The van der Waals surface area contributed by atoms with Gasteiger partial charge in [0.25, 0.3) is 0 Å². The first kappa shape index (κ1) is 15.5. The first-order valence-electron chi connectivity index (χ1n) is 7.77. The number of para-hydroxylation sites is 1. The highest BCUT2D eigenvalue weighted by atomic mass is 35.5. The van der Waals surface area contributed by atoms with Crippen molar-refractivity contribution in [3.05, 3.63) is 65.6 Å². The van der Waals surface area contributed by atoms with E-state index < -0.39 is 0 Å². The summed E-state index contributed by atoms with van der Waals surface area (Å²) in [5.74, 6) is 0.991. The molecule has 8 heteroatoms. The fourth-order valence-electron chi connectivity index (χ4n) is 2.49. The SMILES string of the molecule is Clc1cnc(NCCc2ccncc2)nc1-n1nnc2ccccc21. The van der Waals surface area contributed by atoms with E-state index in [2.05, 4.69) is 30.6 Å². The van der Waals surface area contributed by atoms with E-state index in [1.54, 1.807) is 23.3 Å². The van der Waals surface area contributed by atoms with Crippen molar-refractivity contribution in [1.29, 1.82) is 0 Å². The molecular weight excluding hydrogens is 338 g/mol. The van der Waals surface area contributed by atoms with Gasteiger partial charge in [0, 0.05) is 18.9 Å². The van der Waals surface area contributed by atoms with Gasteiger partial charge >= 0.3 is 0 Å². The molecule has 3 heterocycles. The topological polar surface area (TPSA) is 81.4 Å². The van der Waals surface area contributed by atoms with Crippen molar-refractivity contribution in [3.63, 3.8) is 0 Å². The molecule has 124 valence electrons. The molecule has 7 nitrogen and oxygen atoms in total. The molecule has 4 rings (SSSR count). The van der Waals surface area contributed by atoms with Gasteiger partial charge in [0.15, 0.2) is 5.82 Å². The molecule has 1 aromatic carbocycles. The Kier molecular flexibility index (Phi) is 4.22. The normalized spacial score (nSPS) is 10.9. The Bertz CT molecular complexity index is 1000. The summed E-state index contributed by atoms with van der Waals surface area (Å²) in [6.07, 6.45) is 5.97. The number of anilines is 1. The highest BCUT2D eigenvalue weighted by Crippen LogP contribution is 2.21. The summed E-state index contributed by atoms with van der Waals surface area (Å²) < 4.78 is 1.62. The molecule has 0 unspecified atom stereocenters. The van der Waals surface area contributed by atoms with Crippen LogP contribution in [0.25, 0.3) is 16.9 Å². The minimum atomic E-state index is 0.412. The molecule has 3 aromatic heterocycles. The van der Waals surface area contributed by atoms with Crippen LogP contribution < -0.4 is 5.32 Å². The first-order chi connectivity index (χ1) is 12.3. The van der Waals surface area contributed by atoms with Crippen LogP contribution in [0, 0.1) is 0 Å². The molecule has 4 aromatic rings. The smallest absolute Gasteiger partial charge is 0.224 e. The molecule has 0 bridgehead atoms. The number of hydrogen-bond acceptors (Lipinski definition) is 6. The lowest BCUT2D eigenvalue weighted by Gasteiger charge is -2.08. The van der Waals surface area contributed by atoms with Crippen LogP contribution in [-0.4, -0.2) is 36.5 Å². The Balaban J connectivity index is 1.56. The molecule has 0 saturated carbocycles. The average molecular weight is 352 g/mol. The van der Waals surface area contributed by atoms with Crippen LogP contribution in [0.2, 0.25) is 5.02 Å². The number of halogens is 1. The van der Waals surface area contributed by atoms with Crippen molar-refractivity contribution in [3.8, 4) is 5.82 Å². The predicted octanol–water partition coefficient (Wildman–Crippen LogP) is 2.91. The van der Waals surface area contributed by atoms with Crippen LogP contribution in [0.3, 0.4) is 0 Å². The highest BCUT2D eigenvalue weighted by Gasteiger charge is 2.12. The number of hydrogen-bond donors (Lipinski definition) is 1. The van der Waals surface area contributed by atoms with Crippen LogP contribution in [0.4, 0.5) is 5.95 Å². The Morgan fingerprint density at radius 2 is 1.92 bits per heavy atom. The summed E-state index contributed by atoms with van der Waals surface area (Å²) in [5, 5.41) is 11.9. The van der Waals surface area contributed by atoms with Gasteiger partial charge in [0.05, 0.1) is 11.7 Å². The summed E-state index contributed by atoms with van der Waals surface area (Å²) >= 11 is 6.27. The second-order valence-corrected chi connectivity index (χ2v) is 5.79. The van der Waals surface area contributed by atoms with Gasteiger partial charge in [-0.2, -0.15) is 9.67 Å². The van der Waals surface area contributed by atoms with E-state index in [1.165, 1.54) is 5.56 Å². The van der Waals surface area contributed by atoms with E-state index in [9.17, 15) is 0 Å². The number of nitrogens with one attached hydrogen (secondary N) is 1. The highest BCUT2D eigenvalue weighted by molar-refractivity contribution is 6.32. The predicted molar refractivity (Wildman–Crippen MR) is 95.9 cm³/mol. The summed E-state index contributed by atoms with van der Waals surface area (Å²) in [6.45, 7) is 0.698. The third-order valence-corrected chi connectivity index (χ3v) is 3.99. The molecule has 0 fully saturated rings. The summed E-state index contributed by atoms with van der Waals surface area (Å²) in [4.78, 5) is 12.7. The zero-order valence-corrected chi connectivity index (χ0v) is 13.9. The molecule has 1 N–H and O–H groups in total. The molecule has 0 aliphatic rings. The Morgan fingerprint density at radius 3 is 2.80 bits per heavy atom. The number of pyridine rings is 1. The minimum Gasteiger partial charge on any atom is -0.354 e. The number of rotatable bonds is 5. The maximum atomic E-state index is 6.27. The van der Waals surface area contributed by atoms with Crippen LogP contribution in [0.15, 0.2) is 55.0 Å². The molecule has 0 aliphatic heterocycles. The molecule has 0 spiro atoms. The van der Waals surface area contributed by atoms with Crippen molar-refractivity contribution in [2.75, 3.05) is 11.9 Å². The van der Waals surface area contributed by atoms with E-state index in [0.717, 1.165) is 17.5 Å². The van der Waals surface area contributed by atoms with Gasteiger partial charge in [-0.15, -0.1) is 5.10 Å². The molecule has 0 saturated heterocycles. The van der Waals surface area contributed by atoms with E-state index in [-0.39, 0.29) is 0 Å². The molecule has 25 heavy (non-hydrogen) atoms. The van der Waals surface area contributed by atoms with Crippen LogP contribution >= 0.6 is 11.6 Å². The fourth-order valence-corrected chi connectivity index (χ4v) is 2.66. The van der Waals surface area contributed by atoms with Gasteiger partial charge in [-0.05, 0) is 36.2 Å². The molecule has 0 radical (unpaired) electrons. The lowest BCUT2D eigenvalue weighted by atomic mass is 10.2. The van der Waals surface area contributed by atoms with Crippen LogP contribution in [0.1, 0.15) is 5.56 Å². The first-order valence-corrected chi connectivity index (χ1v) is 8.15. The lowest BCUT2D eigenvalue weighted by molar-refractivity contribution is 0.797. The van der Waals surface area contributed by atoms with E-state index in [0.29, 0.717) is 23.3 Å². The number of aromatic nitrogens is 6. The second-order valence-electron chi connectivity index (χ2n) is 5.39. The third-order valence-electron chi connectivity index (χ3n) is 3.72. The molecule has 0 amide bonds. The van der Waals surface area contributed by atoms with Crippen LogP contribution in [-0.2, 0) is 6.42 Å². The lowest BCUT2D eigenvalue weighted by Crippen LogP contribution is -2.10. The number of fused-ring (bicyclic) bond motifs is 1. The monoisotopic (exact) mass is 351 g/mol. The summed E-state index contributed by atoms with van der Waals surface area (Å²) in [5.41, 5.74) is 2.81. The van der Waals surface area contributed by atoms with E-state index >= 15 is 0 Å². The molecule has 0 aliphatic carbocycles. The van der Waals surface area contributed by atoms with Crippen molar-refractivity contribution in [1.82, 2.24) is 29.9 Å². The van der Waals surface area contributed by atoms with E-state index in [4.69, 9.17) is 11.6 Å². The fraction of sp³-hybridized carbons (Fsp3) is 0.118. The largest absolute Gasteiger partial charge is 0.354 e. The van der Waals surface area contributed by atoms with Crippen molar-refractivity contribution >= 4 is 28.6 Å². The van der Waals surface area contributed by atoms with Gasteiger partial charge < -0.3 is 5.32 Å². The van der Waals surface area contributed by atoms with Gasteiger partial charge in [-0.1, -0.05) is 28.9 Å². The van der Waals surface area contributed by atoms with Crippen LogP contribution in [0.5, 0.6) is 0 Å². The quantitative estimate of drug-likeness (QED) is 0.595. The maximum Gasteiger partial charge on any atom is 0.224 e. The Labute approximate surface area is 148 Å². The second kappa shape index (κ2) is 6.82. The minimum absolute atomic E-state index is 0.412. The van der Waals surface area contributed by atoms with Crippen molar-refractivity contribution in [2.24, 2.45) is 0 Å². The maximum absolute atomic E-state index is 6.27. The van der Waals surface area contributed by atoms with Crippen molar-refractivity contribution < 1.29 is 0 Å². The third kappa shape index (κ3) is 3.27. The Hall–Kier alpha value is -3.06. The van der Waals surface area contributed by atoms with E-state index in [1.807, 2.05) is 36.4 Å². The molecule has 0 atom stereocenters. The van der Waals surface area contributed by atoms with Gasteiger partial charge in [-0.25, -0.2) is 4.98 Å². The standard InChI is InChI=1S/C17H14ClN7/c18-13-11-21-17(20-10-7-12-5-8-19-9-6-12)22-16(13)25-15-4-2-1-3-14(15)23-24-25/h1-6,8-9,11H,7,10H2,(H,20,21,22). The summed E-state index contributed by atoms with van der Waals surface area (Å²) in [6, 6.07) is 11.6. The Morgan fingerprint density at radius 1 is 1.08 bits per heavy atom. The van der Waals surface area contributed by atoms with Gasteiger partial charge in [0.1, 0.15) is 10.5 Å². The van der Waals surface area contributed by atoms with Crippen molar-refractivity contribution in [2.45, 2.75) is 6.42 Å². The zero-order chi connectivity index (χ0) is 17.1. The van der Waals surface area contributed by atoms with Gasteiger partial charge in [0.2, 0.25) is 5.95 Å². The number of nitrogens with zero attached hydrogens (tertiary/aromatic N) is 6. The molecular formula is C17H14ClN7. The average Bonchev–Trinajstić information content (AvgIpc) is 3.08. The summed E-state index contributed by atoms with van der Waals surface area (Å²) in [7, 11) is 0. The number of benzene rings is 1. The van der Waals surface area contributed by atoms with Gasteiger partial charge in [-0.3, -0.25) is 4.98 Å².